The molecule has 0 saturated carbocycles. The number of para-hydroxylation sites is 1. The molecule has 148 valence electrons. The molecule has 7 heteroatoms. The van der Waals surface area contributed by atoms with E-state index in [1.54, 1.807) is 24.7 Å². The highest BCUT2D eigenvalue weighted by Gasteiger charge is 2.22. The highest BCUT2D eigenvalue weighted by Crippen LogP contribution is 2.32. The molecular formula is C23H20N6O. The number of nitrogens with zero attached hydrogens (tertiary/aromatic N) is 5. The van der Waals surface area contributed by atoms with Crippen molar-refractivity contribution in [2.75, 3.05) is 6.54 Å². The molecule has 0 aliphatic rings. The van der Waals surface area contributed by atoms with Crippen LogP contribution in [0, 0.1) is 0 Å². The van der Waals surface area contributed by atoms with Crippen molar-refractivity contribution in [3.63, 3.8) is 0 Å². The molecule has 4 aromatic heterocycles. The molecule has 1 aromatic carbocycles. The minimum absolute atomic E-state index is 0.168. The summed E-state index contributed by atoms with van der Waals surface area (Å²) in [7, 11) is 2.00. The molecule has 0 aliphatic heterocycles. The number of aromatic nitrogens is 5. The van der Waals surface area contributed by atoms with Gasteiger partial charge < -0.3 is 9.88 Å². The van der Waals surface area contributed by atoms with Crippen molar-refractivity contribution < 1.29 is 4.79 Å². The number of pyridine rings is 1. The normalized spacial score (nSPS) is 11.2. The fraction of sp³-hybridized carbons (Fsp3) is 0.130. The molecule has 1 amide bonds. The zero-order valence-electron chi connectivity index (χ0n) is 16.5. The zero-order valence-corrected chi connectivity index (χ0v) is 16.5. The Kier molecular flexibility index (Phi) is 4.48. The van der Waals surface area contributed by atoms with Crippen LogP contribution in [0.4, 0.5) is 0 Å². The van der Waals surface area contributed by atoms with E-state index in [-0.39, 0.29) is 5.91 Å². The van der Waals surface area contributed by atoms with E-state index in [0.29, 0.717) is 24.6 Å². The number of nitrogens with one attached hydrogen (secondary N) is 1. The molecule has 30 heavy (non-hydrogen) atoms. The van der Waals surface area contributed by atoms with E-state index < -0.39 is 0 Å². The van der Waals surface area contributed by atoms with Crippen LogP contribution in [-0.4, -0.2) is 36.5 Å². The van der Waals surface area contributed by atoms with Crippen LogP contribution >= 0.6 is 0 Å². The van der Waals surface area contributed by atoms with Crippen molar-refractivity contribution in [2.45, 2.75) is 6.42 Å². The van der Waals surface area contributed by atoms with Crippen LogP contribution in [0.15, 0.2) is 73.2 Å². The first-order valence-corrected chi connectivity index (χ1v) is 9.78. The first-order chi connectivity index (χ1) is 14.7. The Morgan fingerprint density at radius 2 is 1.70 bits per heavy atom. The van der Waals surface area contributed by atoms with Gasteiger partial charge in [0.1, 0.15) is 5.69 Å². The van der Waals surface area contributed by atoms with Gasteiger partial charge in [0.15, 0.2) is 0 Å². The van der Waals surface area contributed by atoms with Gasteiger partial charge in [-0.25, -0.2) is 9.97 Å². The van der Waals surface area contributed by atoms with Gasteiger partial charge in [-0.15, -0.1) is 0 Å². The van der Waals surface area contributed by atoms with Crippen molar-refractivity contribution in [1.82, 2.24) is 29.4 Å². The van der Waals surface area contributed by atoms with Crippen LogP contribution in [0.3, 0.4) is 0 Å². The van der Waals surface area contributed by atoms with Gasteiger partial charge in [0, 0.05) is 49.7 Å². The minimum Gasteiger partial charge on any atom is -0.350 e. The standard InChI is InChI=1S/C23H20N6O/c1-28-18-9-3-2-8-17(18)21-19(28)15-20(29(21)23-26-12-6-13-27-23)22(30)25-14-10-16-7-4-5-11-24-16/h2-9,11-13,15H,10,14H2,1H3,(H,25,30). The SMILES string of the molecule is Cn1c2ccccc2c2c1cc(C(=O)NCCc1ccccn1)n2-c1ncccn1. The summed E-state index contributed by atoms with van der Waals surface area (Å²) >= 11 is 0. The van der Waals surface area contributed by atoms with E-state index in [1.807, 2.05) is 48.0 Å². The number of hydrogen-bond donors (Lipinski definition) is 1. The second-order valence-corrected chi connectivity index (χ2v) is 7.05. The lowest BCUT2D eigenvalue weighted by molar-refractivity contribution is 0.0947. The summed E-state index contributed by atoms with van der Waals surface area (Å²) in [6.07, 6.45) is 5.79. The number of hydrogen-bond acceptors (Lipinski definition) is 4. The van der Waals surface area contributed by atoms with Gasteiger partial charge in [0.2, 0.25) is 5.95 Å². The molecule has 0 unspecified atom stereocenters. The van der Waals surface area contributed by atoms with Crippen molar-refractivity contribution in [3.05, 3.63) is 84.6 Å². The molecule has 0 spiro atoms. The first-order valence-electron chi connectivity index (χ1n) is 9.78. The molecule has 7 nitrogen and oxygen atoms in total. The second kappa shape index (κ2) is 7.44. The molecule has 0 bridgehead atoms. The Bertz CT molecular complexity index is 1340. The Hall–Kier alpha value is -4.00. The number of carbonyl (C=O) groups is 1. The highest BCUT2D eigenvalue weighted by molar-refractivity contribution is 6.10. The summed E-state index contributed by atoms with van der Waals surface area (Å²) in [6, 6.07) is 17.6. The average Bonchev–Trinajstić information content (AvgIpc) is 3.32. The molecule has 0 radical (unpaired) electrons. The Balaban J connectivity index is 1.57. The summed E-state index contributed by atoms with van der Waals surface area (Å²) in [5.41, 5.74) is 4.42. The summed E-state index contributed by atoms with van der Waals surface area (Å²) in [5.74, 6) is 0.303. The van der Waals surface area contributed by atoms with Gasteiger partial charge in [0.05, 0.1) is 16.6 Å². The Morgan fingerprint density at radius 3 is 2.50 bits per heavy atom. The van der Waals surface area contributed by atoms with Crippen LogP contribution in [0.5, 0.6) is 0 Å². The minimum atomic E-state index is -0.168. The molecule has 5 rings (SSSR count). The first kappa shape index (κ1) is 18.1. The number of fused-ring (bicyclic) bond motifs is 3. The van der Waals surface area contributed by atoms with Crippen LogP contribution < -0.4 is 5.32 Å². The third-order valence-corrected chi connectivity index (χ3v) is 5.24. The number of carbonyl (C=O) groups excluding carboxylic acids is 1. The summed E-state index contributed by atoms with van der Waals surface area (Å²) in [6.45, 7) is 0.494. The van der Waals surface area contributed by atoms with Crippen LogP contribution in [0.2, 0.25) is 0 Å². The zero-order chi connectivity index (χ0) is 20.5. The predicted molar refractivity (Wildman–Crippen MR) is 116 cm³/mol. The van der Waals surface area contributed by atoms with Crippen LogP contribution in [0.1, 0.15) is 16.2 Å². The summed E-state index contributed by atoms with van der Waals surface area (Å²) in [4.78, 5) is 26.3. The molecule has 0 aliphatic carbocycles. The molecule has 4 heterocycles. The maximum Gasteiger partial charge on any atom is 0.268 e. The van der Waals surface area contributed by atoms with E-state index in [2.05, 4.69) is 37.0 Å². The van der Waals surface area contributed by atoms with E-state index in [1.165, 1.54) is 0 Å². The molecule has 1 N–H and O–H groups in total. The van der Waals surface area contributed by atoms with E-state index >= 15 is 0 Å². The second-order valence-electron chi connectivity index (χ2n) is 7.05. The van der Waals surface area contributed by atoms with Crippen LogP contribution in [-0.2, 0) is 13.5 Å². The van der Waals surface area contributed by atoms with Gasteiger partial charge in [-0.1, -0.05) is 24.3 Å². The van der Waals surface area contributed by atoms with E-state index in [0.717, 1.165) is 27.6 Å². The van der Waals surface area contributed by atoms with Crippen molar-refractivity contribution in [3.8, 4) is 5.95 Å². The third kappa shape index (κ3) is 3.00. The van der Waals surface area contributed by atoms with E-state index in [9.17, 15) is 4.79 Å². The Labute approximate surface area is 173 Å². The fourth-order valence-corrected chi connectivity index (χ4v) is 3.83. The average molecular weight is 396 g/mol. The van der Waals surface area contributed by atoms with Crippen molar-refractivity contribution >= 4 is 27.8 Å². The number of amides is 1. The molecule has 0 atom stereocenters. The number of rotatable bonds is 5. The third-order valence-electron chi connectivity index (χ3n) is 5.24. The maximum atomic E-state index is 13.1. The summed E-state index contributed by atoms with van der Waals surface area (Å²) < 4.78 is 3.93. The van der Waals surface area contributed by atoms with Crippen molar-refractivity contribution in [2.24, 2.45) is 7.05 Å². The predicted octanol–water partition coefficient (Wildman–Crippen LogP) is 3.28. The number of aryl methyl sites for hydroxylation is 1. The lowest BCUT2D eigenvalue weighted by Crippen LogP contribution is -2.28. The van der Waals surface area contributed by atoms with Gasteiger partial charge in [-0.2, -0.15) is 0 Å². The monoisotopic (exact) mass is 396 g/mol. The highest BCUT2D eigenvalue weighted by atomic mass is 16.1. The quantitative estimate of drug-likeness (QED) is 0.495. The van der Waals surface area contributed by atoms with Gasteiger partial charge in [-0.3, -0.25) is 14.3 Å². The van der Waals surface area contributed by atoms with E-state index in [4.69, 9.17) is 0 Å². The fourth-order valence-electron chi connectivity index (χ4n) is 3.83. The molecule has 5 aromatic rings. The topological polar surface area (TPSA) is 77.6 Å². The molecular weight excluding hydrogens is 376 g/mol. The molecule has 0 fully saturated rings. The number of benzene rings is 1. The van der Waals surface area contributed by atoms with Crippen LogP contribution in [0.25, 0.3) is 27.9 Å². The lowest BCUT2D eigenvalue weighted by Gasteiger charge is -2.09. The lowest BCUT2D eigenvalue weighted by atomic mass is 10.2. The van der Waals surface area contributed by atoms with Gasteiger partial charge in [-0.05, 0) is 30.3 Å². The van der Waals surface area contributed by atoms with Crippen molar-refractivity contribution in [1.29, 1.82) is 0 Å². The van der Waals surface area contributed by atoms with Gasteiger partial charge >= 0.3 is 0 Å². The maximum absolute atomic E-state index is 13.1. The molecule has 0 saturated heterocycles. The summed E-state index contributed by atoms with van der Waals surface area (Å²) in [5, 5.41) is 4.06. The Morgan fingerprint density at radius 1 is 0.933 bits per heavy atom. The van der Waals surface area contributed by atoms with Gasteiger partial charge in [0.25, 0.3) is 5.91 Å². The largest absolute Gasteiger partial charge is 0.350 e. The smallest absolute Gasteiger partial charge is 0.268 e.